The molecule has 0 spiro atoms. The fraction of sp³-hybridized carbons (Fsp3) is 0.462. The van der Waals surface area contributed by atoms with Crippen molar-refractivity contribution in [2.75, 3.05) is 33.3 Å². The summed E-state index contributed by atoms with van der Waals surface area (Å²) in [6, 6.07) is 15.4. The Morgan fingerprint density at radius 1 is 0.871 bits per heavy atom. The van der Waals surface area contributed by atoms with Crippen molar-refractivity contribution in [3.05, 3.63) is 65.2 Å². The van der Waals surface area contributed by atoms with Gasteiger partial charge in [-0.15, -0.1) is 0 Å². The SMILES string of the molecule is COc1ccc(C(=O)N2CCC[C@H](c3cccc(C(=O)N4CCC(C)CC4)c3)C2)cc1. The molecule has 2 amide bonds. The van der Waals surface area contributed by atoms with Gasteiger partial charge in [-0.05, 0) is 73.6 Å². The molecule has 5 heteroatoms. The van der Waals surface area contributed by atoms with E-state index in [0.29, 0.717) is 18.0 Å². The van der Waals surface area contributed by atoms with Crippen LogP contribution in [-0.2, 0) is 0 Å². The molecule has 2 saturated heterocycles. The zero-order chi connectivity index (χ0) is 21.8. The van der Waals surface area contributed by atoms with Crippen molar-refractivity contribution in [3.63, 3.8) is 0 Å². The quantitative estimate of drug-likeness (QED) is 0.727. The number of piperidine rings is 2. The monoisotopic (exact) mass is 420 g/mol. The topological polar surface area (TPSA) is 49.9 Å². The number of carbonyl (C=O) groups is 2. The van der Waals surface area contributed by atoms with Crippen LogP contribution in [0.5, 0.6) is 5.75 Å². The number of carbonyl (C=O) groups excluding carboxylic acids is 2. The van der Waals surface area contributed by atoms with Crippen LogP contribution in [0.4, 0.5) is 0 Å². The van der Waals surface area contributed by atoms with Gasteiger partial charge in [0.1, 0.15) is 5.75 Å². The first-order valence-corrected chi connectivity index (χ1v) is 11.4. The van der Waals surface area contributed by atoms with Gasteiger partial charge >= 0.3 is 0 Å². The molecule has 2 aromatic carbocycles. The average Bonchev–Trinajstić information content (AvgIpc) is 2.84. The Morgan fingerprint density at radius 3 is 2.29 bits per heavy atom. The summed E-state index contributed by atoms with van der Waals surface area (Å²) in [5, 5.41) is 0. The summed E-state index contributed by atoms with van der Waals surface area (Å²) in [5.41, 5.74) is 2.61. The number of methoxy groups -OCH3 is 1. The average molecular weight is 421 g/mol. The van der Waals surface area contributed by atoms with Gasteiger partial charge in [0.15, 0.2) is 0 Å². The summed E-state index contributed by atoms with van der Waals surface area (Å²) in [4.78, 5) is 29.9. The normalized spacial score (nSPS) is 19.9. The summed E-state index contributed by atoms with van der Waals surface area (Å²) in [6.07, 6.45) is 4.16. The van der Waals surface area contributed by atoms with Crippen LogP contribution in [0, 0.1) is 5.92 Å². The van der Waals surface area contributed by atoms with Crippen LogP contribution in [-0.4, -0.2) is 54.9 Å². The number of rotatable bonds is 4. The number of ether oxygens (including phenoxy) is 1. The summed E-state index contributed by atoms with van der Waals surface area (Å²) < 4.78 is 5.19. The Labute approximate surface area is 185 Å². The molecule has 31 heavy (non-hydrogen) atoms. The number of hydrogen-bond donors (Lipinski definition) is 0. The molecule has 164 valence electrons. The Bertz CT molecular complexity index is 917. The van der Waals surface area contributed by atoms with Crippen molar-refractivity contribution in [2.45, 2.75) is 38.5 Å². The number of amides is 2. The molecule has 4 rings (SSSR count). The van der Waals surface area contributed by atoms with E-state index in [0.717, 1.165) is 62.2 Å². The van der Waals surface area contributed by atoms with Crippen molar-refractivity contribution >= 4 is 11.8 Å². The Hall–Kier alpha value is -2.82. The maximum absolute atomic E-state index is 13.0. The molecule has 0 radical (unpaired) electrons. The minimum atomic E-state index is 0.0574. The van der Waals surface area contributed by atoms with Crippen molar-refractivity contribution in [3.8, 4) is 5.75 Å². The van der Waals surface area contributed by atoms with Crippen molar-refractivity contribution < 1.29 is 14.3 Å². The van der Waals surface area contributed by atoms with E-state index in [-0.39, 0.29) is 17.7 Å². The molecule has 2 aliphatic rings. The van der Waals surface area contributed by atoms with Gasteiger partial charge in [-0.3, -0.25) is 9.59 Å². The molecular weight excluding hydrogens is 388 g/mol. The third-order valence-electron chi connectivity index (χ3n) is 6.72. The summed E-state index contributed by atoms with van der Waals surface area (Å²) >= 11 is 0. The van der Waals surface area contributed by atoms with E-state index in [4.69, 9.17) is 4.74 Å². The second-order valence-corrected chi connectivity index (χ2v) is 8.92. The molecule has 0 N–H and O–H groups in total. The molecule has 0 aromatic heterocycles. The number of likely N-dealkylation sites (tertiary alicyclic amines) is 2. The van der Waals surface area contributed by atoms with Crippen LogP contribution < -0.4 is 4.74 Å². The first kappa shape index (κ1) is 21.4. The Kier molecular flexibility index (Phi) is 6.59. The van der Waals surface area contributed by atoms with Gasteiger partial charge in [-0.2, -0.15) is 0 Å². The number of hydrogen-bond acceptors (Lipinski definition) is 3. The van der Waals surface area contributed by atoms with Crippen LogP contribution in [0.2, 0.25) is 0 Å². The Morgan fingerprint density at radius 2 is 1.58 bits per heavy atom. The lowest BCUT2D eigenvalue weighted by Crippen LogP contribution is -2.39. The standard InChI is InChI=1S/C26H32N2O3/c1-19-12-15-27(16-13-19)26(30)22-6-3-5-21(17-22)23-7-4-14-28(18-23)25(29)20-8-10-24(31-2)11-9-20/h3,5-6,8-11,17,19,23H,4,7,12-16,18H2,1-2H3/t23-/m0/s1. The Balaban J connectivity index is 1.45. The van der Waals surface area contributed by atoms with Gasteiger partial charge in [0.2, 0.25) is 0 Å². The van der Waals surface area contributed by atoms with Crippen molar-refractivity contribution in [2.24, 2.45) is 5.92 Å². The van der Waals surface area contributed by atoms with Gasteiger partial charge in [0.05, 0.1) is 7.11 Å². The largest absolute Gasteiger partial charge is 0.497 e. The second kappa shape index (κ2) is 9.54. The molecule has 0 saturated carbocycles. The molecular formula is C26H32N2O3. The molecule has 2 aromatic rings. The fourth-order valence-corrected chi connectivity index (χ4v) is 4.67. The van der Waals surface area contributed by atoms with Gasteiger partial charge in [0.25, 0.3) is 11.8 Å². The van der Waals surface area contributed by atoms with Crippen molar-refractivity contribution in [1.29, 1.82) is 0 Å². The van der Waals surface area contributed by atoms with Crippen LogP contribution in [0.1, 0.15) is 64.8 Å². The maximum Gasteiger partial charge on any atom is 0.253 e. The van der Waals surface area contributed by atoms with Gasteiger partial charge in [-0.25, -0.2) is 0 Å². The first-order chi connectivity index (χ1) is 15.0. The number of benzene rings is 2. The van der Waals surface area contributed by atoms with E-state index in [1.807, 2.05) is 52.3 Å². The van der Waals surface area contributed by atoms with Gasteiger partial charge in [0, 0.05) is 43.2 Å². The lowest BCUT2D eigenvalue weighted by molar-refractivity contribution is 0.0689. The van der Waals surface area contributed by atoms with E-state index in [1.165, 1.54) is 0 Å². The van der Waals surface area contributed by atoms with E-state index in [1.54, 1.807) is 7.11 Å². The third kappa shape index (κ3) is 4.92. The zero-order valence-electron chi connectivity index (χ0n) is 18.5. The molecule has 0 bridgehead atoms. The van der Waals surface area contributed by atoms with Crippen LogP contribution >= 0.6 is 0 Å². The van der Waals surface area contributed by atoms with Crippen LogP contribution in [0.15, 0.2) is 48.5 Å². The van der Waals surface area contributed by atoms with Crippen molar-refractivity contribution in [1.82, 2.24) is 9.80 Å². The lowest BCUT2D eigenvalue weighted by atomic mass is 9.89. The minimum Gasteiger partial charge on any atom is -0.497 e. The highest BCUT2D eigenvalue weighted by Crippen LogP contribution is 2.29. The molecule has 5 nitrogen and oxygen atoms in total. The van der Waals surface area contributed by atoms with E-state index >= 15 is 0 Å². The predicted molar refractivity (Wildman–Crippen MR) is 122 cm³/mol. The van der Waals surface area contributed by atoms with Gasteiger partial charge < -0.3 is 14.5 Å². The predicted octanol–water partition coefficient (Wildman–Crippen LogP) is 4.59. The summed E-state index contributed by atoms with van der Waals surface area (Å²) in [6.45, 7) is 5.40. The van der Waals surface area contributed by atoms with Crippen LogP contribution in [0.3, 0.4) is 0 Å². The second-order valence-electron chi connectivity index (χ2n) is 8.92. The molecule has 2 aliphatic heterocycles. The van der Waals surface area contributed by atoms with E-state index in [9.17, 15) is 9.59 Å². The highest BCUT2D eigenvalue weighted by Gasteiger charge is 2.27. The fourth-order valence-electron chi connectivity index (χ4n) is 4.67. The molecule has 1 atom stereocenters. The molecule has 0 unspecified atom stereocenters. The highest BCUT2D eigenvalue weighted by atomic mass is 16.5. The van der Waals surface area contributed by atoms with E-state index in [2.05, 4.69) is 13.0 Å². The minimum absolute atomic E-state index is 0.0574. The lowest BCUT2D eigenvalue weighted by Gasteiger charge is -2.33. The highest BCUT2D eigenvalue weighted by molar-refractivity contribution is 5.95. The summed E-state index contributed by atoms with van der Waals surface area (Å²) in [7, 11) is 1.62. The summed E-state index contributed by atoms with van der Waals surface area (Å²) in [5.74, 6) is 1.90. The molecule has 2 heterocycles. The van der Waals surface area contributed by atoms with Gasteiger partial charge in [-0.1, -0.05) is 19.1 Å². The number of nitrogens with zero attached hydrogens (tertiary/aromatic N) is 2. The van der Waals surface area contributed by atoms with Crippen LogP contribution in [0.25, 0.3) is 0 Å². The molecule has 2 fully saturated rings. The maximum atomic E-state index is 13.0. The smallest absolute Gasteiger partial charge is 0.253 e. The third-order valence-corrected chi connectivity index (χ3v) is 6.72. The zero-order valence-corrected chi connectivity index (χ0v) is 18.5. The van der Waals surface area contributed by atoms with E-state index < -0.39 is 0 Å². The molecule has 0 aliphatic carbocycles. The first-order valence-electron chi connectivity index (χ1n) is 11.4.